The van der Waals surface area contributed by atoms with Gasteiger partial charge in [-0.2, -0.15) is 0 Å². The van der Waals surface area contributed by atoms with Crippen molar-refractivity contribution in [1.29, 1.82) is 0 Å². The standard InChI is InChI=1S/C16H22O/c1-13-9-15(2,3)12-16(17,10-13)11-14-7-5-4-6-8-14/h4-8,10,17H,9,11-12H2,1-3H3/t16-/m1/s1. The Bertz CT molecular complexity index is 416. The van der Waals surface area contributed by atoms with E-state index in [0.29, 0.717) is 6.42 Å². The van der Waals surface area contributed by atoms with Gasteiger partial charge in [0.1, 0.15) is 0 Å². The summed E-state index contributed by atoms with van der Waals surface area (Å²) in [6.45, 7) is 6.59. The zero-order chi connectivity index (χ0) is 12.5. The molecule has 0 amide bonds. The molecule has 0 bridgehead atoms. The molecular formula is C16H22O. The molecule has 1 aromatic rings. The van der Waals surface area contributed by atoms with Crippen molar-refractivity contribution in [2.24, 2.45) is 5.41 Å². The zero-order valence-corrected chi connectivity index (χ0v) is 11.0. The van der Waals surface area contributed by atoms with Crippen molar-refractivity contribution in [3.05, 3.63) is 47.5 Å². The number of aliphatic hydroxyl groups is 1. The maximum Gasteiger partial charge on any atom is 0.0875 e. The number of rotatable bonds is 2. The number of benzene rings is 1. The lowest BCUT2D eigenvalue weighted by Crippen LogP contribution is -2.38. The molecule has 0 saturated heterocycles. The third kappa shape index (κ3) is 3.19. The van der Waals surface area contributed by atoms with E-state index in [1.807, 2.05) is 18.2 Å². The van der Waals surface area contributed by atoms with E-state index in [-0.39, 0.29) is 5.41 Å². The summed E-state index contributed by atoms with van der Waals surface area (Å²) in [5, 5.41) is 10.8. The first-order valence-corrected chi connectivity index (χ1v) is 6.33. The first kappa shape index (κ1) is 12.4. The van der Waals surface area contributed by atoms with Gasteiger partial charge in [0.15, 0.2) is 0 Å². The molecule has 17 heavy (non-hydrogen) atoms. The third-order valence-corrected chi connectivity index (χ3v) is 3.41. The molecule has 0 aliphatic heterocycles. The van der Waals surface area contributed by atoms with Gasteiger partial charge in [-0.3, -0.25) is 0 Å². The fourth-order valence-corrected chi connectivity index (χ4v) is 3.27. The zero-order valence-electron chi connectivity index (χ0n) is 11.0. The van der Waals surface area contributed by atoms with Crippen molar-refractivity contribution in [1.82, 2.24) is 0 Å². The van der Waals surface area contributed by atoms with Crippen LogP contribution in [0.5, 0.6) is 0 Å². The predicted molar refractivity (Wildman–Crippen MR) is 71.9 cm³/mol. The first-order chi connectivity index (χ1) is 7.89. The molecule has 1 aliphatic rings. The lowest BCUT2D eigenvalue weighted by atomic mass is 9.69. The van der Waals surface area contributed by atoms with Gasteiger partial charge >= 0.3 is 0 Å². The van der Waals surface area contributed by atoms with E-state index in [1.165, 1.54) is 11.1 Å². The fraction of sp³-hybridized carbons (Fsp3) is 0.500. The van der Waals surface area contributed by atoms with Gasteiger partial charge in [0.25, 0.3) is 0 Å². The SMILES string of the molecule is CC1=C[C@@](O)(Cc2ccccc2)CC(C)(C)C1. The first-order valence-electron chi connectivity index (χ1n) is 6.33. The Labute approximate surface area is 104 Å². The molecule has 92 valence electrons. The Morgan fingerprint density at radius 1 is 1.18 bits per heavy atom. The van der Waals surface area contributed by atoms with Gasteiger partial charge in [0.05, 0.1) is 5.60 Å². The Kier molecular flexibility index (Phi) is 3.13. The van der Waals surface area contributed by atoms with E-state index >= 15 is 0 Å². The van der Waals surface area contributed by atoms with E-state index in [0.717, 1.165) is 12.8 Å². The topological polar surface area (TPSA) is 20.2 Å². The molecule has 0 fully saturated rings. The highest BCUT2D eigenvalue weighted by Gasteiger charge is 2.36. The van der Waals surface area contributed by atoms with Gasteiger partial charge < -0.3 is 5.11 Å². The van der Waals surface area contributed by atoms with Crippen LogP contribution in [0, 0.1) is 5.41 Å². The normalized spacial score (nSPS) is 27.6. The van der Waals surface area contributed by atoms with Crippen LogP contribution in [-0.2, 0) is 6.42 Å². The second-order valence-electron chi connectivity index (χ2n) is 6.27. The van der Waals surface area contributed by atoms with Crippen LogP contribution in [0.2, 0.25) is 0 Å². The smallest absolute Gasteiger partial charge is 0.0875 e. The van der Waals surface area contributed by atoms with Crippen molar-refractivity contribution in [2.75, 3.05) is 0 Å². The molecule has 0 radical (unpaired) electrons. The second kappa shape index (κ2) is 4.30. The minimum Gasteiger partial charge on any atom is -0.385 e. The van der Waals surface area contributed by atoms with Gasteiger partial charge in [-0.25, -0.2) is 0 Å². The van der Waals surface area contributed by atoms with Crippen LogP contribution in [0.4, 0.5) is 0 Å². The Balaban J connectivity index is 2.22. The highest BCUT2D eigenvalue weighted by molar-refractivity contribution is 5.24. The highest BCUT2D eigenvalue weighted by atomic mass is 16.3. The predicted octanol–water partition coefficient (Wildman–Crippen LogP) is 3.73. The third-order valence-electron chi connectivity index (χ3n) is 3.41. The second-order valence-corrected chi connectivity index (χ2v) is 6.27. The summed E-state index contributed by atoms with van der Waals surface area (Å²) < 4.78 is 0. The van der Waals surface area contributed by atoms with Crippen LogP contribution in [-0.4, -0.2) is 10.7 Å². The summed E-state index contributed by atoms with van der Waals surface area (Å²) in [6.07, 6.45) is 4.70. The molecule has 1 aromatic carbocycles. The molecule has 1 heteroatoms. The summed E-state index contributed by atoms with van der Waals surface area (Å²) in [4.78, 5) is 0. The Hall–Kier alpha value is -1.08. The molecule has 2 rings (SSSR count). The molecule has 1 N–H and O–H groups in total. The summed E-state index contributed by atoms with van der Waals surface area (Å²) in [7, 11) is 0. The van der Waals surface area contributed by atoms with Crippen LogP contribution in [0.1, 0.15) is 39.2 Å². The highest BCUT2D eigenvalue weighted by Crippen LogP contribution is 2.41. The minimum atomic E-state index is -0.673. The van der Waals surface area contributed by atoms with Crippen molar-refractivity contribution < 1.29 is 5.11 Å². The molecule has 0 aromatic heterocycles. The maximum absolute atomic E-state index is 10.8. The quantitative estimate of drug-likeness (QED) is 0.768. The van der Waals surface area contributed by atoms with Gasteiger partial charge in [0.2, 0.25) is 0 Å². The van der Waals surface area contributed by atoms with Gasteiger partial charge in [0, 0.05) is 6.42 Å². The molecule has 1 aliphatic carbocycles. The van der Waals surface area contributed by atoms with Crippen molar-refractivity contribution in [2.45, 2.75) is 45.6 Å². The molecule has 0 spiro atoms. The van der Waals surface area contributed by atoms with E-state index in [9.17, 15) is 5.11 Å². The average Bonchev–Trinajstić information content (AvgIpc) is 2.13. The van der Waals surface area contributed by atoms with E-state index < -0.39 is 5.60 Å². The minimum absolute atomic E-state index is 0.197. The monoisotopic (exact) mass is 230 g/mol. The van der Waals surface area contributed by atoms with Crippen molar-refractivity contribution >= 4 is 0 Å². The van der Waals surface area contributed by atoms with Crippen LogP contribution >= 0.6 is 0 Å². The van der Waals surface area contributed by atoms with E-state index in [2.05, 4.69) is 39.0 Å². The number of hydrogen-bond acceptors (Lipinski definition) is 1. The van der Waals surface area contributed by atoms with E-state index in [1.54, 1.807) is 0 Å². The molecule has 1 atom stereocenters. The molecular weight excluding hydrogens is 208 g/mol. The molecule has 0 heterocycles. The lowest BCUT2D eigenvalue weighted by molar-refractivity contribution is 0.0315. The van der Waals surface area contributed by atoms with Crippen LogP contribution in [0.15, 0.2) is 42.0 Å². The molecule has 0 saturated carbocycles. The summed E-state index contributed by atoms with van der Waals surface area (Å²) in [5.41, 5.74) is 2.03. The summed E-state index contributed by atoms with van der Waals surface area (Å²) in [5.74, 6) is 0. The van der Waals surface area contributed by atoms with Crippen molar-refractivity contribution in [3.63, 3.8) is 0 Å². The Morgan fingerprint density at radius 2 is 1.82 bits per heavy atom. The summed E-state index contributed by atoms with van der Waals surface area (Å²) in [6, 6.07) is 10.2. The molecule has 1 nitrogen and oxygen atoms in total. The van der Waals surface area contributed by atoms with Crippen LogP contribution in [0.3, 0.4) is 0 Å². The number of hydrogen-bond donors (Lipinski definition) is 1. The largest absolute Gasteiger partial charge is 0.385 e. The van der Waals surface area contributed by atoms with E-state index in [4.69, 9.17) is 0 Å². The van der Waals surface area contributed by atoms with Crippen molar-refractivity contribution in [3.8, 4) is 0 Å². The van der Waals surface area contributed by atoms with Gasteiger partial charge in [-0.15, -0.1) is 0 Å². The van der Waals surface area contributed by atoms with Gasteiger partial charge in [-0.05, 0) is 30.7 Å². The van der Waals surface area contributed by atoms with Gasteiger partial charge in [-0.1, -0.05) is 55.8 Å². The maximum atomic E-state index is 10.8. The summed E-state index contributed by atoms with van der Waals surface area (Å²) >= 11 is 0. The lowest BCUT2D eigenvalue weighted by Gasteiger charge is -2.39. The van der Waals surface area contributed by atoms with Crippen LogP contribution in [0.25, 0.3) is 0 Å². The van der Waals surface area contributed by atoms with Crippen LogP contribution < -0.4 is 0 Å². The molecule has 0 unspecified atom stereocenters. The number of allylic oxidation sites excluding steroid dienone is 1. The fourth-order valence-electron chi connectivity index (χ4n) is 3.27. The Morgan fingerprint density at radius 3 is 2.41 bits per heavy atom. The average molecular weight is 230 g/mol.